The van der Waals surface area contributed by atoms with Crippen LogP contribution in [0.25, 0.3) is 33.1 Å². The summed E-state index contributed by atoms with van der Waals surface area (Å²) in [5.74, 6) is 0.507. The molecule has 0 aliphatic rings. The molecule has 0 unspecified atom stereocenters. The number of carbonyl (C=O) groups is 2. The molecule has 0 radical (unpaired) electrons. The Hall–Kier alpha value is -4.59. The molecule has 0 saturated carbocycles. The molecule has 3 N–H and O–H groups in total. The van der Waals surface area contributed by atoms with E-state index < -0.39 is 0 Å². The van der Waals surface area contributed by atoms with Crippen molar-refractivity contribution in [1.29, 1.82) is 0 Å². The summed E-state index contributed by atoms with van der Waals surface area (Å²) in [5.41, 5.74) is 3.63. The number of nitrogens with one attached hydrogen (secondary N) is 3. The van der Waals surface area contributed by atoms with E-state index >= 15 is 0 Å². The zero-order valence-corrected chi connectivity index (χ0v) is 21.3. The first-order valence-electron chi connectivity index (χ1n) is 12.9. The molecule has 5 aromatic rings. The summed E-state index contributed by atoms with van der Waals surface area (Å²) in [4.78, 5) is 41.8. The van der Waals surface area contributed by atoms with Crippen LogP contribution < -0.4 is 10.6 Å². The largest absolute Gasteiger partial charge is 0.359 e. The third kappa shape index (κ3) is 5.70. The minimum Gasteiger partial charge on any atom is -0.359 e. The fourth-order valence-electron chi connectivity index (χ4n) is 4.64. The summed E-state index contributed by atoms with van der Waals surface area (Å²) < 4.78 is 0. The van der Waals surface area contributed by atoms with E-state index in [2.05, 4.69) is 60.9 Å². The van der Waals surface area contributed by atoms with E-state index in [1.807, 2.05) is 30.5 Å². The topological polar surface area (TPSA) is 113 Å². The minimum atomic E-state index is -0.330. The number of nitrogens with zero attached hydrogens (tertiary/aromatic N) is 3. The number of para-hydroxylation sites is 1. The minimum absolute atomic E-state index is 0.0398. The van der Waals surface area contributed by atoms with Crippen molar-refractivity contribution in [1.82, 2.24) is 30.6 Å². The second-order valence-electron chi connectivity index (χ2n) is 9.27. The number of imidazole rings is 1. The van der Waals surface area contributed by atoms with Gasteiger partial charge in [0.1, 0.15) is 11.3 Å². The van der Waals surface area contributed by atoms with E-state index in [0.29, 0.717) is 35.3 Å². The highest BCUT2D eigenvalue weighted by Gasteiger charge is 2.21. The van der Waals surface area contributed by atoms with Gasteiger partial charge in [-0.2, -0.15) is 0 Å². The Balaban J connectivity index is 1.37. The predicted octanol–water partition coefficient (Wildman–Crippen LogP) is 5.34. The Morgan fingerprint density at radius 3 is 2.61 bits per heavy atom. The monoisotopic (exact) mass is 506 g/mol. The molecular weight excluding hydrogens is 476 g/mol. The first-order chi connectivity index (χ1) is 18.6. The zero-order chi connectivity index (χ0) is 26.3. The lowest BCUT2D eigenvalue weighted by atomic mass is 10.0. The Morgan fingerprint density at radius 1 is 0.895 bits per heavy atom. The smallest absolute Gasteiger partial charge is 0.254 e. The second kappa shape index (κ2) is 11.6. The van der Waals surface area contributed by atoms with Gasteiger partial charge >= 0.3 is 0 Å². The Labute approximate surface area is 220 Å². The molecule has 2 heterocycles. The normalized spacial score (nSPS) is 11.9. The van der Waals surface area contributed by atoms with Crippen LogP contribution >= 0.6 is 0 Å². The van der Waals surface area contributed by atoms with Crippen molar-refractivity contribution < 1.29 is 9.59 Å². The van der Waals surface area contributed by atoms with Crippen LogP contribution in [-0.2, 0) is 4.79 Å². The Morgan fingerprint density at radius 2 is 1.74 bits per heavy atom. The molecule has 0 bridgehead atoms. The van der Waals surface area contributed by atoms with Gasteiger partial charge in [-0.3, -0.25) is 19.6 Å². The zero-order valence-electron chi connectivity index (χ0n) is 21.3. The van der Waals surface area contributed by atoms with Gasteiger partial charge in [0.15, 0.2) is 0 Å². The van der Waals surface area contributed by atoms with Crippen molar-refractivity contribution in [2.45, 2.75) is 38.1 Å². The van der Waals surface area contributed by atoms with Crippen LogP contribution in [0.3, 0.4) is 0 Å². The fourth-order valence-corrected chi connectivity index (χ4v) is 4.64. The summed E-state index contributed by atoms with van der Waals surface area (Å²) in [6.45, 7) is 0. The molecule has 8 heteroatoms. The predicted molar refractivity (Wildman–Crippen MR) is 148 cm³/mol. The molecule has 38 heavy (non-hydrogen) atoms. The van der Waals surface area contributed by atoms with Crippen molar-refractivity contribution in [2.24, 2.45) is 0 Å². The highest BCUT2D eigenvalue weighted by atomic mass is 16.2. The van der Waals surface area contributed by atoms with Gasteiger partial charge in [0, 0.05) is 31.4 Å². The van der Waals surface area contributed by atoms with Gasteiger partial charge in [0.2, 0.25) is 5.91 Å². The molecule has 0 aliphatic heterocycles. The number of fused-ring (bicyclic) bond motifs is 2. The SMILES string of the molecule is CNC(=O)CCCCC[C@H](NC(=O)c1cccc2nccnc12)c1ncc(-c2ccc3ccccc3c2)[nH]1. The average molecular weight is 507 g/mol. The standard InChI is InChI=1S/C30H30N6O2/c1-31-27(37)13-4-2-3-11-25(36-30(38)23-10-7-12-24-28(23)33-17-16-32-24)29-34-19-26(35-29)22-15-14-20-8-5-6-9-21(20)18-22/h5-10,12,14-19,25H,2-4,11,13H2,1H3,(H,31,37)(H,34,35)(H,36,38)/t25-/m0/s1. The lowest BCUT2D eigenvalue weighted by Gasteiger charge is -2.17. The van der Waals surface area contributed by atoms with E-state index in [4.69, 9.17) is 0 Å². The maximum Gasteiger partial charge on any atom is 0.254 e. The summed E-state index contributed by atoms with van der Waals surface area (Å²) >= 11 is 0. The van der Waals surface area contributed by atoms with Crippen LogP contribution in [0.4, 0.5) is 0 Å². The van der Waals surface area contributed by atoms with Crippen molar-refractivity contribution >= 4 is 33.6 Å². The molecule has 2 aromatic heterocycles. The van der Waals surface area contributed by atoms with Gasteiger partial charge < -0.3 is 15.6 Å². The molecule has 0 spiro atoms. The van der Waals surface area contributed by atoms with Crippen molar-refractivity contribution in [3.05, 3.63) is 90.6 Å². The van der Waals surface area contributed by atoms with Crippen LogP contribution in [0, 0.1) is 0 Å². The first-order valence-corrected chi connectivity index (χ1v) is 12.9. The van der Waals surface area contributed by atoms with Crippen LogP contribution in [0.15, 0.2) is 79.3 Å². The van der Waals surface area contributed by atoms with Gasteiger partial charge in [-0.15, -0.1) is 0 Å². The van der Waals surface area contributed by atoms with Gasteiger partial charge in [0.25, 0.3) is 5.91 Å². The third-order valence-corrected chi connectivity index (χ3v) is 6.71. The first kappa shape index (κ1) is 25.1. The maximum absolute atomic E-state index is 13.4. The summed E-state index contributed by atoms with van der Waals surface area (Å²) in [5, 5.41) is 8.15. The number of hydrogen-bond acceptors (Lipinski definition) is 5. The number of aromatic nitrogens is 4. The molecule has 5 rings (SSSR count). The average Bonchev–Trinajstić information content (AvgIpc) is 3.46. The van der Waals surface area contributed by atoms with Crippen LogP contribution in [0.1, 0.15) is 54.3 Å². The lowest BCUT2D eigenvalue weighted by Crippen LogP contribution is -2.29. The highest BCUT2D eigenvalue weighted by Crippen LogP contribution is 2.26. The number of amides is 2. The van der Waals surface area contributed by atoms with Crippen molar-refractivity contribution in [2.75, 3.05) is 7.05 Å². The second-order valence-corrected chi connectivity index (χ2v) is 9.27. The van der Waals surface area contributed by atoms with Crippen LogP contribution in [0.5, 0.6) is 0 Å². The molecule has 8 nitrogen and oxygen atoms in total. The molecule has 192 valence electrons. The summed E-state index contributed by atoms with van der Waals surface area (Å²) in [6, 6.07) is 19.6. The number of H-pyrrole nitrogens is 1. The molecule has 1 atom stereocenters. The molecular formula is C30H30N6O2. The number of carbonyl (C=O) groups excluding carboxylic acids is 2. The van der Waals surface area contributed by atoms with E-state index in [1.54, 1.807) is 25.5 Å². The lowest BCUT2D eigenvalue weighted by molar-refractivity contribution is -0.120. The third-order valence-electron chi connectivity index (χ3n) is 6.71. The summed E-state index contributed by atoms with van der Waals surface area (Å²) in [6.07, 6.45) is 8.69. The quantitative estimate of drug-likeness (QED) is 0.221. The van der Waals surface area contributed by atoms with Crippen LogP contribution in [-0.4, -0.2) is 38.8 Å². The van der Waals surface area contributed by atoms with Crippen molar-refractivity contribution in [3.63, 3.8) is 0 Å². The number of aromatic amines is 1. The molecule has 2 amide bonds. The number of rotatable bonds is 10. The molecule has 0 saturated heterocycles. The maximum atomic E-state index is 13.4. The highest BCUT2D eigenvalue weighted by molar-refractivity contribution is 6.04. The number of benzene rings is 3. The van der Waals surface area contributed by atoms with Gasteiger partial charge in [-0.1, -0.05) is 55.3 Å². The molecule has 0 aliphatic carbocycles. The van der Waals surface area contributed by atoms with Gasteiger partial charge in [-0.05, 0) is 41.8 Å². The van der Waals surface area contributed by atoms with Crippen LogP contribution in [0.2, 0.25) is 0 Å². The molecule has 3 aromatic carbocycles. The fraction of sp³-hybridized carbons (Fsp3) is 0.233. The van der Waals surface area contributed by atoms with Crippen molar-refractivity contribution in [3.8, 4) is 11.3 Å². The Kier molecular flexibility index (Phi) is 7.68. The van der Waals surface area contributed by atoms with E-state index in [9.17, 15) is 9.59 Å². The molecule has 0 fully saturated rings. The Bertz CT molecular complexity index is 1570. The summed E-state index contributed by atoms with van der Waals surface area (Å²) in [7, 11) is 1.65. The van der Waals surface area contributed by atoms with Gasteiger partial charge in [0.05, 0.1) is 29.0 Å². The number of hydrogen-bond donors (Lipinski definition) is 3. The number of unbranched alkanes of at least 4 members (excludes halogenated alkanes) is 2. The van der Waals surface area contributed by atoms with E-state index in [-0.39, 0.29) is 17.9 Å². The van der Waals surface area contributed by atoms with Gasteiger partial charge in [-0.25, -0.2) is 4.98 Å². The van der Waals surface area contributed by atoms with E-state index in [0.717, 1.165) is 35.9 Å². The van der Waals surface area contributed by atoms with E-state index in [1.165, 1.54) is 5.39 Å².